The molecule has 2 heterocycles. The fraction of sp³-hybridized carbons (Fsp3) is 0.240. The van der Waals surface area contributed by atoms with E-state index < -0.39 is 0 Å². The molecule has 3 heteroatoms. The fourth-order valence-corrected chi connectivity index (χ4v) is 3.87. The first kappa shape index (κ1) is 18.5. The molecule has 0 radical (unpaired) electrons. The van der Waals surface area contributed by atoms with Gasteiger partial charge in [-0.25, -0.2) is 0 Å². The van der Waals surface area contributed by atoms with E-state index in [0.717, 1.165) is 29.8 Å². The van der Waals surface area contributed by atoms with Crippen LogP contribution in [-0.4, -0.2) is 24.7 Å². The highest BCUT2D eigenvalue weighted by Crippen LogP contribution is 2.32. The summed E-state index contributed by atoms with van der Waals surface area (Å²) in [7, 11) is 1.70. The largest absolute Gasteiger partial charge is 0.497 e. The maximum atomic E-state index is 5.37. The quantitative estimate of drug-likeness (QED) is 0.661. The van der Waals surface area contributed by atoms with Crippen LogP contribution in [0.4, 0.5) is 0 Å². The van der Waals surface area contributed by atoms with E-state index in [-0.39, 0.29) is 0 Å². The average molecular weight is 370 g/mol. The third-order valence-electron chi connectivity index (χ3n) is 5.60. The molecule has 0 bridgehead atoms. The molecule has 0 spiro atoms. The van der Waals surface area contributed by atoms with Gasteiger partial charge in [-0.05, 0) is 52.8 Å². The number of hydrogen-bond acceptors (Lipinski definition) is 3. The van der Waals surface area contributed by atoms with Gasteiger partial charge in [0.25, 0.3) is 0 Å². The fourth-order valence-electron chi connectivity index (χ4n) is 3.87. The first-order valence-corrected chi connectivity index (χ1v) is 9.82. The molecule has 1 N–H and O–H groups in total. The highest BCUT2D eigenvalue weighted by atomic mass is 16.5. The van der Waals surface area contributed by atoms with Crippen LogP contribution in [0.2, 0.25) is 0 Å². The number of ether oxygens (including phenoxy) is 1. The number of benzene rings is 2. The average Bonchev–Trinajstić information content (AvgIpc) is 2.79. The SMILES string of the molecule is COc1cccc(-c2cncc(C(C)C3CC(c4ccccc4)=CCN3)c2)c1. The Kier molecular flexibility index (Phi) is 5.54. The third-order valence-corrected chi connectivity index (χ3v) is 5.60. The van der Waals surface area contributed by atoms with E-state index in [2.05, 4.69) is 71.8 Å². The molecule has 1 aromatic heterocycles. The van der Waals surface area contributed by atoms with Crippen molar-refractivity contribution in [1.82, 2.24) is 10.3 Å². The molecule has 28 heavy (non-hydrogen) atoms. The monoisotopic (exact) mass is 370 g/mol. The predicted molar refractivity (Wildman–Crippen MR) is 115 cm³/mol. The van der Waals surface area contributed by atoms with Gasteiger partial charge in [0.05, 0.1) is 7.11 Å². The first-order chi connectivity index (χ1) is 13.7. The predicted octanol–water partition coefficient (Wildman–Crippen LogP) is 5.31. The van der Waals surface area contributed by atoms with Gasteiger partial charge in [0.15, 0.2) is 0 Å². The second-order valence-corrected chi connectivity index (χ2v) is 7.34. The van der Waals surface area contributed by atoms with Gasteiger partial charge in [-0.15, -0.1) is 0 Å². The summed E-state index contributed by atoms with van der Waals surface area (Å²) in [6.07, 6.45) is 7.25. The Morgan fingerprint density at radius 1 is 0.964 bits per heavy atom. The number of nitrogens with zero attached hydrogens (tertiary/aromatic N) is 1. The Hall–Kier alpha value is -2.91. The Balaban J connectivity index is 1.55. The Morgan fingerprint density at radius 3 is 2.61 bits per heavy atom. The molecule has 142 valence electrons. The number of nitrogens with one attached hydrogen (secondary N) is 1. The van der Waals surface area contributed by atoms with Crippen LogP contribution in [0.5, 0.6) is 5.75 Å². The summed E-state index contributed by atoms with van der Waals surface area (Å²) in [4.78, 5) is 4.53. The van der Waals surface area contributed by atoms with Gasteiger partial charge < -0.3 is 10.1 Å². The van der Waals surface area contributed by atoms with E-state index in [4.69, 9.17) is 4.74 Å². The van der Waals surface area contributed by atoms with Crippen LogP contribution in [0.25, 0.3) is 16.7 Å². The van der Waals surface area contributed by atoms with Crippen LogP contribution in [0.15, 0.2) is 79.1 Å². The number of hydrogen-bond donors (Lipinski definition) is 1. The van der Waals surface area contributed by atoms with Gasteiger partial charge in [0, 0.05) is 30.5 Å². The van der Waals surface area contributed by atoms with Crippen LogP contribution >= 0.6 is 0 Å². The van der Waals surface area contributed by atoms with Gasteiger partial charge in [0.2, 0.25) is 0 Å². The van der Waals surface area contributed by atoms with Crippen LogP contribution in [0.1, 0.15) is 30.4 Å². The van der Waals surface area contributed by atoms with Crippen LogP contribution in [0.3, 0.4) is 0 Å². The van der Waals surface area contributed by atoms with Crippen molar-refractivity contribution in [1.29, 1.82) is 0 Å². The number of methoxy groups -OCH3 is 1. The van der Waals surface area contributed by atoms with E-state index >= 15 is 0 Å². The molecule has 1 aliphatic heterocycles. The topological polar surface area (TPSA) is 34.1 Å². The van der Waals surface area contributed by atoms with Crippen molar-refractivity contribution in [2.75, 3.05) is 13.7 Å². The van der Waals surface area contributed by atoms with Gasteiger partial charge in [-0.1, -0.05) is 55.5 Å². The highest BCUT2D eigenvalue weighted by Gasteiger charge is 2.23. The molecule has 2 atom stereocenters. The van der Waals surface area contributed by atoms with E-state index in [1.807, 2.05) is 24.5 Å². The van der Waals surface area contributed by atoms with Crippen molar-refractivity contribution in [2.45, 2.75) is 25.3 Å². The van der Waals surface area contributed by atoms with Crippen LogP contribution in [-0.2, 0) is 0 Å². The molecule has 4 rings (SSSR count). The second-order valence-electron chi connectivity index (χ2n) is 7.34. The van der Waals surface area contributed by atoms with Crippen molar-refractivity contribution in [3.63, 3.8) is 0 Å². The van der Waals surface area contributed by atoms with Crippen molar-refractivity contribution >= 4 is 5.57 Å². The minimum absolute atomic E-state index is 0.366. The summed E-state index contributed by atoms with van der Waals surface area (Å²) in [5.74, 6) is 1.23. The molecule has 1 aliphatic rings. The number of rotatable bonds is 5. The highest BCUT2D eigenvalue weighted by molar-refractivity contribution is 5.67. The number of pyridine rings is 1. The van der Waals surface area contributed by atoms with Crippen LogP contribution < -0.4 is 10.1 Å². The zero-order valence-electron chi connectivity index (χ0n) is 16.4. The molecule has 0 fully saturated rings. The van der Waals surface area contributed by atoms with E-state index in [1.165, 1.54) is 16.7 Å². The van der Waals surface area contributed by atoms with Crippen molar-refractivity contribution in [2.24, 2.45) is 0 Å². The van der Waals surface area contributed by atoms with Crippen molar-refractivity contribution < 1.29 is 4.74 Å². The zero-order chi connectivity index (χ0) is 19.3. The summed E-state index contributed by atoms with van der Waals surface area (Å²) in [5, 5.41) is 3.67. The lowest BCUT2D eigenvalue weighted by molar-refractivity contribution is 0.415. The molecule has 3 aromatic rings. The second kappa shape index (κ2) is 8.41. The summed E-state index contributed by atoms with van der Waals surface area (Å²) in [6, 6.07) is 21.5. The lowest BCUT2D eigenvalue weighted by Gasteiger charge is -2.30. The van der Waals surface area contributed by atoms with Gasteiger partial charge >= 0.3 is 0 Å². The molecule has 2 aromatic carbocycles. The summed E-state index contributed by atoms with van der Waals surface area (Å²) in [6.45, 7) is 3.19. The minimum atomic E-state index is 0.366. The standard InChI is InChI=1S/C25H26N2O/c1-18(25-15-21(11-12-27-25)19-7-4-3-5-8-19)22-13-23(17-26-16-22)20-9-6-10-24(14-20)28-2/h3-11,13-14,16-18,25,27H,12,15H2,1-2H3. The van der Waals surface area contributed by atoms with Crippen molar-refractivity contribution in [3.05, 3.63) is 90.3 Å². The maximum absolute atomic E-state index is 5.37. The molecule has 0 amide bonds. The van der Waals surface area contributed by atoms with Crippen molar-refractivity contribution in [3.8, 4) is 16.9 Å². The molecule has 0 saturated heterocycles. The molecule has 2 unspecified atom stereocenters. The normalized spacial score (nSPS) is 17.6. The lowest BCUT2D eigenvalue weighted by Crippen LogP contribution is -2.37. The molecular weight excluding hydrogens is 344 g/mol. The third kappa shape index (κ3) is 4.00. The van der Waals surface area contributed by atoms with E-state index in [0.29, 0.717) is 12.0 Å². The number of aromatic nitrogens is 1. The maximum Gasteiger partial charge on any atom is 0.119 e. The molecule has 0 saturated carbocycles. The zero-order valence-corrected chi connectivity index (χ0v) is 16.4. The lowest BCUT2D eigenvalue weighted by atomic mass is 9.85. The Labute approximate surface area is 167 Å². The van der Waals surface area contributed by atoms with Gasteiger partial charge in [-0.3, -0.25) is 4.98 Å². The smallest absolute Gasteiger partial charge is 0.119 e. The minimum Gasteiger partial charge on any atom is -0.497 e. The van der Waals surface area contributed by atoms with E-state index in [9.17, 15) is 0 Å². The Bertz CT molecular complexity index is 965. The summed E-state index contributed by atoms with van der Waals surface area (Å²) >= 11 is 0. The van der Waals surface area contributed by atoms with Gasteiger partial charge in [-0.2, -0.15) is 0 Å². The summed E-state index contributed by atoms with van der Waals surface area (Å²) < 4.78 is 5.37. The molecule has 3 nitrogen and oxygen atoms in total. The molecular formula is C25H26N2O. The molecule has 0 aliphatic carbocycles. The Morgan fingerprint density at radius 2 is 1.79 bits per heavy atom. The van der Waals surface area contributed by atoms with E-state index in [1.54, 1.807) is 7.11 Å². The summed E-state index contributed by atoms with van der Waals surface area (Å²) in [5.41, 5.74) is 6.25. The first-order valence-electron chi connectivity index (χ1n) is 9.82. The van der Waals surface area contributed by atoms with Crippen LogP contribution in [0, 0.1) is 0 Å². The van der Waals surface area contributed by atoms with Gasteiger partial charge in [0.1, 0.15) is 5.75 Å².